The minimum atomic E-state index is -0.355. The summed E-state index contributed by atoms with van der Waals surface area (Å²) in [5.74, 6) is 1.51. The molecule has 2 saturated carbocycles. The van der Waals surface area contributed by atoms with Gasteiger partial charge in [0.1, 0.15) is 12.4 Å². The van der Waals surface area contributed by atoms with Gasteiger partial charge in [-0.1, -0.05) is 39.4 Å². The van der Waals surface area contributed by atoms with Crippen molar-refractivity contribution >= 4 is 50.6 Å². The molecule has 5 atom stereocenters. The third-order valence-electron chi connectivity index (χ3n) is 7.35. The van der Waals surface area contributed by atoms with Gasteiger partial charge in [-0.15, -0.1) is 11.8 Å². The quantitative estimate of drug-likeness (QED) is 0.431. The molecule has 0 spiro atoms. The van der Waals surface area contributed by atoms with E-state index in [0.29, 0.717) is 28.7 Å². The highest BCUT2D eigenvalue weighted by atomic mass is 79.9. The van der Waals surface area contributed by atoms with Crippen LogP contribution in [0.5, 0.6) is 0 Å². The number of nitrogens with zero attached hydrogens (tertiary/aromatic N) is 1. The van der Waals surface area contributed by atoms with Crippen LogP contribution in [0, 0.1) is 23.6 Å². The Morgan fingerprint density at radius 2 is 1.82 bits per heavy atom. The Kier molecular flexibility index (Phi) is 5.50. The summed E-state index contributed by atoms with van der Waals surface area (Å²) in [6.45, 7) is -0.0341. The van der Waals surface area contributed by atoms with Crippen LogP contribution in [0.2, 0.25) is 0 Å². The van der Waals surface area contributed by atoms with Crippen molar-refractivity contribution in [3.63, 3.8) is 0 Å². The molecule has 3 aliphatic rings. The van der Waals surface area contributed by atoms with Crippen molar-refractivity contribution in [1.82, 2.24) is 4.57 Å². The number of rotatable bonds is 4. The predicted molar refractivity (Wildman–Crippen MR) is 134 cm³/mol. The lowest BCUT2D eigenvalue weighted by Crippen LogP contribution is -2.34. The molecule has 1 aliphatic heterocycles. The fraction of sp³-hybridized carbons (Fsp3) is 0.360. The first kappa shape index (κ1) is 21.6. The summed E-state index contributed by atoms with van der Waals surface area (Å²) < 4.78 is 15.9. The molecule has 1 aromatic heterocycles. The standard InChI is InChI=1S/C25H22BrFN2O2S2/c26-16-5-3-13(4-6-16)20-21-14-1-2-15(11-14)22(21)32-24-23(20)33-25(31)29(24)12-19(30)28-18-9-7-17(27)8-10-18/h3-10,14-15,20-22H,1-2,11-12H2,(H,28,30)/t14?,15?,20-,21?,22?/m1/s1. The van der Waals surface area contributed by atoms with Gasteiger partial charge < -0.3 is 5.32 Å². The molecule has 2 aliphatic carbocycles. The maximum atomic E-state index is 13.2. The Morgan fingerprint density at radius 1 is 1.09 bits per heavy atom. The molecule has 6 rings (SSSR count). The second-order valence-corrected chi connectivity index (χ2v) is 12.3. The Labute approximate surface area is 207 Å². The first-order chi connectivity index (χ1) is 16.0. The lowest BCUT2D eigenvalue weighted by Gasteiger charge is -2.40. The zero-order chi connectivity index (χ0) is 22.7. The van der Waals surface area contributed by atoms with Crippen molar-refractivity contribution in [2.45, 2.75) is 42.0 Å². The zero-order valence-electron chi connectivity index (χ0n) is 17.7. The van der Waals surface area contributed by atoms with Crippen LogP contribution >= 0.6 is 39.0 Å². The van der Waals surface area contributed by atoms with E-state index in [0.717, 1.165) is 14.4 Å². The smallest absolute Gasteiger partial charge is 0.308 e. The molecule has 170 valence electrons. The zero-order valence-corrected chi connectivity index (χ0v) is 20.9. The molecule has 0 saturated heterocycles. The minimum Gasteiger partial charge on any atom is -0.325 e. The van der Waals surface area contributed by atoms with Crippen molar-refractivity contribution in [1.29, 1.82) is 0 Å². The summed E-state index contributed by atoms with van der Waals surface area (Å²) in [6, 6.07) is 14.2. The van der Waals surface area contributed by atoms with E-state index in [2.05, 4.69) is 45.5 Å². The highest BCUT2D eigenvalue weighted by molar-refractivity contribution is 9.10. The molecule has 4 unspecified atom stereocenters. The average Bonchev–Trinajstić information content (AvgIpc) is 3.49. The number of thiazole rings is 1. The van der Waals surface area contributed by atoms with Crippen molar-refractivity contribution in [3.8, 4) is 0 Å². The van der Waals surface area contributed by atoms with Crippen LogP contribution in [0.4, 0.5) is 10.1 Å². The van der Waals surface area contributed by atoms with Crippen LogP contribution in [-0.4, -0.2) is 15.7 Å². The second-order valence-electron chi connectivity index (χ2n) is 9.20. The Bertz CT molecular complexity index is 1270. The van der Waals surface area contributed by atoms with Crippen molar-refractivity contribution in [2.75, 3.05) is 5.32 Å². The van der Waals surface area contributed by atoms with Gasteiger partial charge in [0.2, 0.25) is 5.91 Å². The van der Waals surface area contributed by atoms with Crippen LogP contribution in [0.3, 0.4) is 0 Å². The molecule has 4 nitrogen and oxygen atoms in total. The molecular formula is C25H22BrFN2O2S2. The first-order valence-corrected chi connectivity index (χ1v) is 13.7. The Balaban J connectivity index is 1.36. The lowest BCUT2D eigenvalue weighted by atomic mass is 9.75. The SMILES string of the molecule is O=C(Cn1c2c(sc1=O)[C@H](c1ccc(Br)cc1)C1C3CCC(C3)C1S2)Nc1ccc(F)cc1. The molecular weight excluding hydrogens is 523 g/mol. The number of hydrogen-bond acceptors (Lipinski definition) is 4. The molecule has 1 N–H and O–H groups in total. The number of amides is 1. The number of hydrogen-bond donors (Lipinski definition) is 1. The largest absolute Gasteiger partial charge is 0.325 e. The van der Waals surface area contributed by atoms with E-state index in [4.69, 9.17) is 0 Å². The van der Waals surface area contributed by atoms with Crippen LogP contribution < -0.4 is 10.2 Å². The molecule has 3 aromatic rings. The number of fused-ring (bicyclic) bond motifs is 6. The highest BCUT2D eigenvalue weighted by Crippen LogP contribution is 2.64. The molecule has 8 heteroatoms. The summed E-state index contributed by atoms with van der Waals surface area (Å²) in [5, 5.41) is 4.24. The van der Waals surface area contributed by atoms with Crippen LogP contribution in [0.25, 0.3) is 0 Å². The van der Waals surface area contributed by atoms with E-state index in [1.165, 1.54) is 60.4 Å². The van der Waals surface area contributed by atoms with Crippen molar-refractivity contribution in [3.05, 3.63) is 78.9 Å². The summed E-state index contributed by atoms with van der Waals surface area (Å²) in [4.78, 5) is 26.9. The van der Waals surface area contributed by atoms with Gasteiger partial charge in [0.15, 0.2) is 0 Å². The number of benzene rings is 2. The third kappa shape index (κ3) is 3.80. The summed E-state index contributed by atoms with van der Waals surface area (Å²) >= 11 is 6.66. The van der Waals surface area contributed by atoms with Crippen LogP contribution in [0.1, 0.15) is 35.6 Å². The van der Waals surface area contributed by atoms with Gasteiger partial charge >= 0.3 is 4.87 Å². The molecule has 2 fully saturated rings. The Hall–Kier alpha value is -1.90. The van der Waals surface area contributed by atoms with E-state index >= 15 is 0 Å². The number of thioether (sulfide) groups is 1. The van der Waals surface area contributed by atoms with E-state index in [-0.39, 0.29) is 29.1 Å². The van der Waals surface area contributed by atoms with Crippen LogP contribution in [0.15, 0.2) is 62.8 Å². The second kappa shape index (κ2) is 8.40. The van der Waals surface area contributed by atoms with E-state index < -0.39 is 0 Å². The van der Waals surface area contributed by atoms with E-state index in [1.54, 1.807) is 4.57 Å². The van der Waals surface area contributed by atoms with Gasteiger partial charge in [-0.3, -0.25) is 14.2 Å². The van der Waals surface area contributed by atoms with Gasteiger partial charge in [0.25, 0.3) is 0 Å². The predicted octanol–water partition coefficient (Wildman–Crippen LogP) is 6.10. The third-order valence-corrected chi connectivity index (χ3v) is 10.7. The molecule has 0 radical (unpaired) electrons. The molecule has 2 aromatic carbocycles. The minimum absolute atomic E-state index is 0.0341. The summed E-state index contributed by atoms with van der Waals surface area (Å²) in [6.07, 6.45) is 3.82. The number of aromatic nitrogens is 1. The topological polar surface area (TPSA) is 51.1 Å². The van der Waals surface area contributed by atoms with E-state index in [1.807, 2.05) is 11.8 Å². The van der Waals surface area contributed by atoms with Gasteiger partial charge in [-0.2, -0.15) is 0 Å². The normalized spacial score (nSPS) is 27.3. The van der Waals surface area contributed by atoms with Crippen LogP contribution in [-0.2, 0) is 11.3 Å². The lowest BCUT2D eigenvalue weighted by molar-refractivity contribution is -0.116. The maximum Gasteiger partial charge on any atom is 0.308 e. The van der Waals surface area contributed by atoms with Gasteiger partial charge in [0, 0.05) is 26.2 Å². The summed E-state index contributed by atoms with van der Waals surface area (Å²) in [7, 11) is 0. The van der Waals surface area contributed by atoms with Crippen molar-refractivity contribution < 1.29 is 9.18 Å². The van der Waals surface area contributed by atoms with Gasteiger partial charge in [-0.25, -0.2) is 4.39 Å². The van der Waals surface area contributed by atoms with Gasteiger partial charge in [-0.05, 0) is 79.0 Å². The monoisotopic (exact) mass is 544 g/mol. The number of anilines is 1. The van der Waals surface area contributed by atoms with Crippen molar-refractivity contribution in [2.24, 2.45) is 17.8 Å². The molecule has 2 heterocycles. The van der Waals surface area contributed by atoms with E-state index in [9.17, 15) is 14.0 Å². The summed E-state index contributed by atoms with van der Waals surface area (Å²) in [5.41, 5.74) is 1.78. The highest BCUT2D eigenvalue weighted by Gasteiger charge is 2.55. The fourth-order valence-corrected chi connectivity index (χ4v) is 9.42. The number of halogens is 2. The number of carbonyl (C=O) groups excluding carboxylic acids is 1. The Morgan fingerprint density at radius 3 is 2.58 bits per heavy atom. The molecule has 33 heavy (non-hydrogen) atoms. The molecule has 1 amide bonds. The molecule has 2 bridgehead atoms. The average molecular weight is 545 g/mol. The van der Waals surface area contributed by atoms with Gasteiger partial charge in [0.05, 0.1) is 5.03 Å². The fourth-order valence-electron chi connectivity index (χ4n) is 6.01. The number of nitrogens with one attached hydrogen (secondary N) is 1. The maximum absolute atomic E-state index is 13.2. The first-order valence-electron chi connectivity index (χ1n) is 11.2. The number of carbonyl (C=O) groups is 1.